The zero-order valence-corrected chi connectivity index (χ0v) is 31.5. The number of phenols is 2. The summed E-state index contributed by atoms with van der Waals surface area (Å²) in [6.07, 6.45) is 4.32. The quantitative estimate of drug-likeness (QED) is 0.0967. The molecule has 280 valence electrons. The summed E-state index contributed by atoms with van der Waals surface area (Å²) in [4.78, 5) is -0.888. The fourth-order valence-electron chi connectivity index (χ4n) is 4.54. The summed E-state index contributed by atoms with van der Waals surface area (Å²) in [5.74, 6) is -2.63. The van der Waals surface area contributed by atoms with Crippen LogP contribution in [0.5, 0.6) is 57.5 Å². The van der Waals surface area contributed by atoms with Gasteiger partial charge in [-0.05, 0) is 51.4 Å². The van der Waals surface area contributed by atoms with Crippen molar-refractivity contribution in [1.82, 2.24) is 0 Å². The molecule has 0 aliphatic rings. The van der Waals surface area contributed by atoms with Crippen molar-refractivity contribution in [2.75, 3.05) is 52.9 Å². The molecule has 49 heavy (non-hydrogen) atoms. The molecule has 0 aliphatic heterocycles. The van der Waals surface area contributed by atoms with Gasteiger partial charge in [-0.15, -0.1) is 0 Å². The lowest BCUT2D eigenvalue weighted by atomic mass is 10.2. The molecule has 0 fully saturated rings. The molecule has 0 aliphatic carbocycles. The number of hydrogen-bond acceptors (Lipinski definition) is 12. The Bertz CT molecular complexity index is 1230. The number of aromatic hydroxyl groups is 2. The second-order valence-electron chi connectivity index (χ2n) is 11.3. The molecule has 0 amide bonds. The smallest absolute Gasteiger partial charge is 0.221 e. The number of benzene rings is 2. The van der Waals surface area contributed by atoms with Crippen molar-refractivity contribution in [3.8, 4) is 57.5 Å². The molecule has 2 N–H and O–H groups in total. The third-order valence-electron chi connectivity index (χ3n) is 6.65. The Kier molecular flexibility index (Phi) is 18.2. The Morgan fingerprint density at radius 2 is 0.510 bits per heavy atom. The molecular weight excluding hydrogens is 656 g/mol. The van der Waals surface area contributed by atoms with E-state index < -0.39 is 31.1 Å². The van der Waals surface area contributed by atoms with Crippen molar-refractivity contribution in [2.24, 2.45) is 0 Å². The number of ether oxygens (including phenoxy) is 8. The molecule has 0 heterocycles. The van der Waals surface area contributed by atoms with Crippen LogP contribution in [-0.2, 0) is 9.84 Å². The monoisotopic (exact) mass is 714 g/mol. The first-order valence-corrected chi connectivity index (χ1v) is 19.3. The van der Waals surface area contributed by atoms with Crippen molar-refractivity contribution in [3.63, 3.8) is 0 Å². The highest BCUT2D eigenvalue weighted by Gasteiger charge is 2.43. The number of sulfone groups is 1. The summed E-state index contributed by atoms with van der Waals surface area (Å²) in [7, 11) is -4.85. The molecule has 0 radical (unpaired) electrons. The fourth-order valence-corrected chi connectivity index (χ4v) is 6.33. The molecule has 2 rings (SSSR count). The molecule has 0 bridgehead atoms. The second kappa shape index (κ2) is 21.5. The van der Waals surface area contributed by atoms with Crippen LogP contribution >= 0.6 is 0 Å². The Morgan fingerprint density at radius 1 is 0.347 bits per heavy atom. The molecule has 0 unspecified atom stereocenters. The second-order valence-corrected chi connectivity index (χ2v) is 13.1. The van der Waals surface area contributed by atoms with E-state index in [4.69, 9.17) is 37.9 Å². The maximum atomic E-state index is 15.6. The normalized spacial score (nSPS) is 11.3. The van der Waals surface area contributed by atoms with Gasteiger partial charge in [0.05, 0.1) is 52.9 Å². The van der Waals surface area contributed by atoms with E-state index in [1.165, 1.54) is 0 Å². The van der Waals surface area contributed by atoms with Gasteiger partial charge in [-0.2, -0.15) is 0 Å². The van der Waals surface area contributed by atoms with Crippen LogP contribution in [0.1, 0.15) is 107 Å². The molecule has 0 saturated carbocycles. The minimum atomic E-state index is -4.85. The van der Waals surface area contributed by atoms with Crippen molar-refractivity contribution < 1.29 is 56.5 Å². The van der Waals surface area contributed by atoms with Gasteiger partial charge in [-0.1, -0.05) is 55.4 Å². The Morgan fingerprint density at radius 3 is 0.673 bits per heavy atom. The van der Waals surface area contributed by atoms with E-state index in [-0.39, 0.29) is 98.9 Å². The van der Waals surface area contributed by atoms with Crippen molar-refractivity contribution in [3.05, 3.63) is 0 Å². The van der Waals surface area contributed by atoms with Gasteiger partial charge >= 0.3 is 0 Å². The van der Waals surface area contributed by atoms with Gasteiger partial charge < -0.3 is 48.1 Å². The summed E-state index contributed by atoms with van der Waals surface area (Å²) in [6, 6.07) is 0. The minimum Gasteiger partial charge on any atom is -0.501 e. The van der Waals surface area contributed by atoms with E-state index in [2.05, 4.69) is 0 Å². The number of phenolic OH excluding ortho intramolecular Hbond substituents is 2. The lowest BCUT2D eigenvalue weighted by molar-refractivity contribution is 0.219. The van der Waals surface area contributed by atoms with E-state index in [9.17, 15) is 10.2 Å². The van der Waals surface area contributed by atoms with Crippen LogP contribution in [0.4, 0.5) is 0 Å². The van der Waals surface area contributed by atoms with Crippen molar-refractivity contribution >= 4 is 9.84 Å². The summed E-state index contributed by atoms with van der Waals surface area (Å²) in [6.45, 7) is 16.0. The highest BCUT2D eigenvalue weighted by atomic mass is 32.2. The van der Waals surface area contributed by atoms with Gasteiger partial charge in [-0.3, -0.25) is 0 Å². The fraction of sp³-hybridized carbons (Fsp3) is 0.667. The maximum Gasteiger partial charge on any atom is 0.221 e. The first-order valence-electron chi connectivity index (χ1n) is 17.8. The number of rotatable bonds is 26. The average Bonchev–Trinajstić information content (AvgIpc) is 3.09. The minimum absolute atomic E-state index is 0.0938. The zero-order valence-electron chi connectivity index (χ0n) is 30.7. The van der Waals surface area contributed by atoms with Crippen LogP contribution < -0.4 is 37.9 Å². The van der Waals surface area contributed by atoms with Crippen LogP contribution in [0.2, 0.25) is 0 Å². The highest BCUT2D eigenvalue weighted by molar-refractivity contribution is 7.92. The van der Waals surface area contributed by atoms with Gasteiger partial charge in [0.25, 0.3) is 0 Å². The van der Waals surface area contributed by atoms with Gasteiger partial charge in [0.2, 0.25) is 44.3 Å². The SMILES string of the molecule is CCCOc1c(O)c(OCCC)c(OCCC)c(S(=O)(=O)c2c(OCCC)c(OCCC)c(O)c(OCCC)c2OCCC)c1OCCC. The van der Waals surface area contributed by atoms with Crippen LogP contribution in [0.25, 0.3) is 0 Å². The molecule has 0 atom stereocenters. The van der Waals surface area contributed by atoms with Gasteiger partial charge in [0.15, 0.2) is 32.8 Å². The van der Waals surface area contributed by atoms with Gasteiger partial charge in [0, 0.05) is 0 Å². The molecule has 2 aromatic rings. The first-order chi connectivity index (χ1) is 23.7. The molecule has 2 aromatic carbocycles. The predicted octanol–water partition coefficient (Wildman–Crippen LogP) is 8.24. The van der Waals surface area contributed by atoms with Crippen LogP contribution in [-0.4, -0.2) is 71.5 Å². The topological polar surface area (TPSA) is 148 Å². The van der Waals surface area contributed by atoms with E-state index in [1.807, 2.05) is 55.4 Å². The third-order valence-corrected chi connectivity index (χ3v) is 8.47. The molecule has 0 aromatic heterocycles. The van der Waals surface area contributed by atoms with E-state index in [1.54, 1.807) is 0 Å². The largest absolute Gasteiger partial charge is 0.501 e. The van der Waals surface area contributed by atoms with E-state index in [0.29, 0.717) is 51.4 Å². The van der Waals surface area contributed by atoms with Gasteiger partial charge in [0.1, 0.15) is 0 Å². The van der Waals surface area contributed by atoms with Crippen LogP contribution in [0.3, 0.4) is 0 Å². The predicted molar refractivity (Wildman–Crippen MR) is 188 cm³/mol. The standard InChI is InChI=1S/C36H58O12S/c1-9-17-41-27-25(37)28(42-18-10-2)32(46-22-14-6)35(31(27)45-21-13-5)49(39,40)36-33(47-23-15-7)29(43-19-11-3)26(38)30(44-20-12-4)34(36)48-24-16-8/h37-38H,9-24H2,1-8H3. The maximum absolute atomic E-state index is 15.6. The summed E-state index contributed by atoms with van der Waals surface area (Å²) >= 11 is 0. The average molecular weight is 715 g/mol. The first kappa shape index (κ1) is 41.6. The summed E-state index contributed by atoms with van der Waals surface area (Å²) in [5, 5.41) is 23.2. The van der Waals surface area contributed by atoms with Crippen molar-refractivity contribution in [1.29, 1.82) is 0 Å². The van der Waals surface area contributed by atoms with Crippen LogP contribution in [0, 0.1) is 0 Å². The summed E-state index contributed by atoms with van der Waals surface area (Å²) < 4.78 is 79.8. The van der Waals surface area contributed by atoms with Crippen molar-refractivity contribution in [2.45, 2.75) is 117 Å². The van der Waals surface area contributed by atoms with E-state index >= 15 is 8.42 Å². The molecule has 0 saturated heterocycles. The molecular formula is C36H58O12S. The third kappa shape index (κ3) is 10.2. The summed E-state index contributed by atoms with van der Waals surface area (Å²) in [5.41, 5.74) is 0. The lowest BCUT2D eigenvalue weighted by Crippen LogP contribution is -2.17. The molecule has 0 spiro atoms. The van der Waals surface area contributed by atoms with Crippen LogP contribution in [0.15, 0.2) is 9.79 Å². The Balaban J connectivity index is 3.38. The number of hydrogen-bond donors (Lipinski definition) is 2. The Labute approximate surface area is 292 Å². The molecule has 12 nitrogen and oxygen atoms in total. The van der Waals surface area contributed by atoms with Gasteiger partial charge in [-0.25, -0.2) is 8.42 Å². The lowest BCUT2D eigenvalue weighted by Gasteiger charge is -2.26. The highest BCUT2D eigenvalue weighted by Crippen LogP contribution is 2.61. The molecule has 13 heteroatoms. The zero-order chi connectivity index (χ0) is 36.4. The van der Waals surface area contributed by atoms with E-state index in [0.717, 1.165) is 0 Å². The Hall–Kier alpha value is -3.61.